The monoisotopic (exact) mass is 353 g/mol. The first-order valence-electron chi connectivity index (χ1n) is 8.82. The molecule has 0 unspecified atom stereocenters. The summed E-state index contributed by atoms with van der Waals surface area (Å²) in [6, 6.07) is 18.0. The average Bonchev–Trinajstić information content (AvgIpc) is 2.59. The van der Waals surface area contributed by atoms with Crippen LogP contribution in [0.25, 0.3) is 6.08 Å². The zero-order valence-electron chi connectivity index (χ0n) is 15.7. The molecule has 0 aliphatic carbocycles. The lowest BCUT2D eigenvalue weighted by Gasteiger charge is -2.19. The fourth-order valence-electron chi connectivity index (χ4n) is 2.24. The summed E-state index contributed by atoms with van der Waals surface area (Å²) >= 11 is 0. The molecular formula is C22H27NO3. The summed E-state index contributed by atoms with van der Waals surface area (Å²) in [6.07, 6.45) is 4.39. The predicted molar refractivity (Wildman–Crippen MR) is 105 cm³/mol. The third kappa shape index (κ3) is 7.88. The van der Waals surface area contributed by atoms with Crippen molar-refractivity contribution in [3.8, 4) is 5.75 Å². The number of carbonyl (C=O) groups excluding carboxylic acids is 1. The smallest absolute Gasteiger partial charge is 0.407 e. The van der Waals surface area contributed by atoms with Gasteiger partial charge in [-0.3, -0.25) is 0 Å². The van der Waals surface area contributed by atoms with Gasteiger partial charge in [-0.2, -0.15) is 0 Å². The van der Waals surface area contributed by atoms with E-state index in [0.717, 1.165) is 23.3 Å². The average molecular weight is 353 g/mol. The Morgan fingerprint density at radius 1 is 1.08 bits per heavy atom. The van der Waals surface area contributed by atoms with Crippen LogP contribution in [0.4, 0.5) is 4.79 Å². The summed E-state index contributed by atoms with van der Waals surface area (Å²) < 4.78 is 11.0. The minimum Gasteiger partial charge on any atom is -0.489 e. The van der Waals surface area contributed by atoms with Crippen LogP contribution in [0.1, 0.15) is 38.3 Å². The van der Waals surface area contributed by atoms with Crippen molar-refractivity contribution in [2.75, 3.05) is 6.54 Å². The molecule has 0 saturated carbocycles. The molecule has 138 valence electrons. The van der Waals surface area contributed by atoms with E-state index in [4.69, 9.17) is 9.47 Å². The highest BCUT2D eigenvalue weighted by Gasteiger charge is 2.15. The second-order valence-corrected chi connectivity index (χ2v) is 6.97. The van der Waals surface area contributed by atoms with Crippen LogP contribution in [0, 0.1) is 0 Å². The maximum atomic E-state index is 11.6. The van der Waals surface area contributed by atoms with Gasteiger partial charge in [0.05, 0.1) is 0 Å². The highest BCUT2D eigenvalue weighted by Crippen LogP contribution is 2.16. The van der Waals surface area contributed by atoms with Gasteiger partial charge in [0.25, 0.3) is 0 Å². The third-order valence-corrected chi connectivity index (χ3v) is 3.40. The zero-order chi connectivity index (χ0) is 18.8. The van der Waals surface area contributed by atoms with E-state index in [0.29, 0.717) is 13.2 Å². The number of nitrogens with one attached hydrogen (secondary N) is 1. The van der Waals surface area contributed by atoms with Crippen molar-refractivity contribution in [2.45, 2.75) is 39.4 Å². The highest BCUT2D eigenvalue weighted by atomic mass is 16.6. The van der Waals surface area contributed by atoms with E-state index in [2.05, 4.69) is 5.32 Å². The molecule has 0 atom stereocenters. The van der Waals surface area contributed by atoms with Crippen molar-refractivity contribution in [1.29, 1.82) is 0 Å². The Hall–Kier alpha value is -2.75. The molecule has 0 bridgehead atoms. The van der Waals surface area contributed by atoms with Crippen molar-refractivity contribution in [3.63, 3.8) is 0 Å². The molecule has 0 spiro atoms. The van der Waals surface area contributed by atoms with Gasteiger partial charge in [0, 0.05) is 6.54 Å². The summed E-state index contributed by atoms with van der Waals surface area (Å²) in [5.41, 5.74) is 1.73. The SMILES string of the molecule is CC(C)(C)OC(=O)NCCC=Cc1cccc(OCc2ccccc2)c1. The first-order chi connectivity index (χ1) is 12.4. The highest BCUT2D eigenvalue weighted by molar-refractivity contribution is 5.67. The molecule has 2 aromatic carbocycles. The summed E-state index contributed by atoms with van der Waals surface area (Å²) in [5.74, 6) is 0.836. The fraction of sp³-hybridized carbons (Fsp3) is 0.318. The van der Waals surface area contributed by atoms with Gasteiger partial charge in [0.1, 0.15) is 18.0 Å². The van der Waals surface area contributed by atoms with Crippen molar-refractivity contribution in [1.82, 2.24) is 5.32 Å². The zero-order valence-corrected chi connectivity index (χ0v) is 15.7. The summed E-state index contributed by atoms with van der Waals surface area (Å²) in [4.78, 5) is 11.6. The minimum absolute atomic E-state index is 0.387. The summed E-state index contributed by atoms with van der Waals surface area (Å²) in [5, 5.41) is 2.74. The number of carbonyl (C=O) groups is 1. The number of ether oxygens (including phenoxy) is 2. The Morgan fingerprint density at radius 2 is 1.85 bits per heavy atom. The van der Waals surface area contributed by atoms with Gasteiger partial charge >= 0.3 is 6.09 Å². The number of benzene rings is 2. The molecule has 0 fully saturated rings. The van der Waals surface area contributed by atoms with Crippen LogP contribution >= 0.6 is 0 Å². The first-order valence-corrected chi connectivity index (χ1v) is 8.82. The fourth-order valence-corrected chi connectivity index (χ4v) is 2.24. The number of alkyl carbamates (subject to hydrolysis) is 1. The van der Waals surface area contributed by atoms with Crippen LogP contribution in [0.5, 0.6) is 5.75 Å². The lowest BCUT2D eigenvalue weighted by Crippen LogP contribution is -2.32. The molecule has 0 radical (unpaired) electrons. The lowest BCUT2D eigenvalue weighted by atomic mass is 10.2. The topological polar surface area (TPSA) is 47.6 Å². The van der Waals surface area contributed by atoms with Gasteiger partial charge in [0.15, 0.2) is 0 Å². The van der Waals surface area contributed by atoms with Crippen molar-refractivity contribution >= 4 is 12.2 Å². The van der Waals surface area contributed by atoms with E-state index >= 15 is 0 Å². The van der Waals surface area contributed by atoms with E-state index in [9.17, 15) is 4.79 Å². The Morgan fingerprint density at radius 3 is 2.58 bits per heavy atom. The standard InChI is InChI=1S/C22H27NO3/c1-22(2,3)26-21(24)23-15-8-7-10-18-13-9-14-20(16-18)25-17-19-11-5-4-6-12-19/h4-7,9-14,16H,8,15,17H2,1-3H3,(H,23,24). The molecule has 1 N–H and O–H groups in total. The molecule has 0 aliphatic rings. The maximum absolute atomic E-state index is 11.6. The van der Waals surface area contributed by atoms with Gasteiger partial charge < -0.3 is 14.8 Å². The second kappa shape index (κ2) is 9.66. The van der Waals surface area contributed by atoms with Gasteiger partial charge in [-0.15, -0.1) is 0 Å². The van der Waals surface area contributed by atoms with Crippen molar-refractivity contribution < 1.29 is 14.3 Å². The molecule has 0 saturated heterocycles. The molecule has 2 aromatic rings. The summed E-state index contributed by atoms with van der Waals surface area (Å²) in [7, 11) is 0. The Labute approximate surface area is 155 Å². The maximum Gasteiger partial charge on any atom is 0.407 e. The number of rotatable bonds is 7. The van der Waals surface area contributed by atoms with E-state index in [-0.39, 0.29) is 6.09 Å². The molecule has 26 heavy (non-hydrogen) atoms. The number of hydrogen-bond donors (Lipinski definition) is 1. The number of amides is 1. The Balaban J connectivity index is 1.75. The van der Waals surface area contributed by atoms with Crippen molar-refractivity contribution in [2.24, 2.45) is 0 Å². The minimum atomic E-state index is -0.472. The van der Waals surface area contributed by atoms with Crippen LogP contribution in [-0.4, -0.2) is 18.2 Å². The van der Waals surface area contributed by atoms with Crippen LogP contribution in [0.2, 0.25) is 0 Å². The molecule has 0 heterocycles. The van der Waals surface area contributed by atoms with Crippen LogP contribution in [0.3, 0.4) is 0 Å². The van der Waals surface area contributed by atoms with Gasteiger partial charge in [-0.25, -0.2) is 4.79 Å². The van der Waals surface area contributed by atoms with Crippen LogP contribution < -0.4 is 10.1 Å². The molecule has 2 rings (SSSR count). The Bertz CT molecular complexity index is 718. The molecular weight excluding hydrogens is 326 g/mol. The largest absolute Gasteiger partial charge is 0.489 e. The number of hydrogen-bond acceptors (Lipinski definition) is 3. The van der Waals surface area contributed by atoms with Gasteiger partial charge in [-0.1, -0.05) is 54.6 Å². The van der Waals surface area contributed by atoms with Crippen LogP contribution in [-0.2, 0) is 11.3 Å². The normalized spacial score (nSPS) is 11.3. The molecule has 4 nitrogen and oxygen atoms in total. The van der Waals surface area contributed by atoms with E-state index in [1.807, 2.05) is 87.5 Å². The molecule has 4 heteroatoms. The summed E-state index contributed by atoms with van der Waals surface area (Å²) in [6.45, 7) is 6.63. The van der Waals surface area contributed by atoms with Gasteiger partial charge in [-0.05, 0) is 50.5 Å². The van der Waals surface area contributed by atoms with Crippen molar-refractivity contribution in [3.05, 3.63) is 71.8 Å². The van der Waals surface area contributed by atoms with E-state index in [1.54, 1.807) is 0 Å². The van der Waals surface area contributed by atoms with E-state index in [1.165, 1.54) is 0 Å². The Kier molecular flexibility index (Phi) is 7.27. The molecule has 1 amide bonds. The second-order valence-electron chi connectivity index (χ2n) is 6.97. The predicted octanol–water partition coefficient (Wildman–Crippen LogP) is 5.19. The van der Waals surface area contributed by atoms with E-state index < -0.39 is 5.60 Å². The quantitative estimate of drug-likeness (QED) is 0.697. The molecule has 0 aliphatic heterocycles. The molecule has 0 aromatic heterocycles. The first kappa shape index (κ1) is 19.6. The van der Waals surface area contributed by atoms with Crippen LogP contribution in [0.15, 0.2) is 60.7 Å². The third-order valence-electron chi connectivity index (χ3n) is 3.40. The lowest BCUT2D eigenvalue weighted by molar-refractivity contribution is 0.0529. The van der Waals surface area contributed by atoms with Gasteiger partial charge in [0.2, 0.25) is 0 Å².